The highest BCUT2D eigenvalue weighted by molar-refractivity contribution is 7.59. The third-order valence-corrected chi connectivity index (χ3v) is 5.09. The van der Waals surface area contributed by atoms with E-state index in [0.29, 0.717) is 0 Å². The predicted octanol–water partition coefficient (Wildman–Crippen LogP) is 3.67. The lowest BCUT2D eigenvalue weighted by Gasteiger charge is -2.19. The maximum Gasteiger partial charge on any atom is 0.128 e. The van der Waals surface area contributed by atoms with Crippen molar-refractivity contribution in [1.82, 2.24) is 9.97 Å². The summed E-state index contributed by atoms with van der Waals surface area (Å²) < 4.78 is 0. The summed E-state index contributed by atoms with van der Waals surface area (Å²) in [6.07, 6.45) is 5.61. The first-order valence-electron chi connectivity index (χ1n) is 6.67. The van der Waals surface area contributed by atoms with Crippen molar-refractivity contribution < 1.29 is 0 Å². The summed E-state index contributed by atoms with van der Waals surface area (Å²) in [4.78, 5) is 11.8. The minimum absolute atomic E-state index is 0.774. The molecule has 96 valence electrons. The first-order chi connectivity index (χ1) is 8.69. The van der Waals surface area contributed by atoms with Gasteiger partial charge in [0.05, 0.1) is 0 Å². The molecular weight excluding hydrogens is 260 g/mol. The third-order valence-electron chi connectivity index (χ3n) is 3.64. The molecule has 18 heavy (non-hydrogen) atoms. The van der Waals surface area contributed by atoms with Gasteiger partial charge in [-0.1, -0.05) is 18.9 Å². The van der Waals surface area contributed by atoms with Crippen LogP contribution in [-0.2, 0) is 31.9 Å². The summed E-state index contributed by atoms with van der Waals surface area (Å²) in [7, 11) is 0. The van der Waals surface area contributed by atoms with Gasteiger partial charge >= 0.3 is 0 Å². The standard InChI is InChI=1S/C14H18N2S2/c1-3-4-11-15-13(17)12-9-6-5-8(2)7-10(9)18-14(12)16-11/h8H,3-7H2,1-2H3,(H,15,16,17)/p-1/t8-/m0/s1. The fourth-order valence-corrected chi connectivity index (χ4v) is 4.48. The summed E-state index contributed by atoms with van der Waals surface area (Å²) in [6.45, 7) is 4.48. The summed E-state index contributed by atoms with van der Waals surface area (Å²) >= 11 is 7.32. The lowest BCUT2D eigenvalue weighted by molar-refractivity contribution is 0.509. The number of nitrogens with zero attached hydrogens (tertiary/aromatic N) is 2. The Hall–Kier alpha value is -0.740. The van der Waals surface area contributed by atoms with Gasteiger partial charge < -0.3 is 12.6 Å². The van der Waals surface area contributed by atoms with Crippen LogP contribution in [0.25, 0.3) is 10.2 Å². The maximum atomic E-state index is 5.48. The molecule has 2 heterocycles. The Balaban J connectivity index is 2.16. The maximum absolute atomic E-state index is 5.48. The van der Waals surface area contributed by atoms with E-state index in [4.69, 9.17) is 17.6 Å². The second-order valence-corrected chi connectivity index (χ2v) is 6.70. The van der Waals surface area contributed by atoms with E-state index < -0.39 is 0 Å². The normalized spacial score (nSPS) is 19.1. The molecule has 4 heteroatoms. The molecule has 2 aromatic rings. The fourth-order valence-electron chi connectivity index (χ4n) is 2.69. The van der Waals surface area contributed by atoms with Gasteiger partial charge in [0.1, 0.15) is 10.7 Å². The highest BCUT2D eigenvalue weighted by Crippen LogP contribution is 2.38. The number of hydrogen-bond acceptors (Lipinski definition) is 4. The molecule has 0 aromatic carbocycles. The Morgan fingerprint density at radius 2 is 2.22 bits per heavy atom. The number of aryl methyl sites for hydroxylation is 2. The van der Waals surface area contributed by atoms with Crippen LogP contribution in [0.1, 0.15) is 43.0 Å². The van der Waals surface area contributed by atoms with E-state index in [1.165, 1.54) is 28.7 Å². The van der Waals surface area contributed by atoms with Gasteiger partial charge in [0.15, 0.2) is 0 Å². The van der Waals surface area contributed by atoms with Crippen molar-refractivity contribution in [3.05, 3.63) is 16.3 Å². The quantitative estimate of drug-likeness (QED) is 0.618. The van der Waals surface area contributed by atoms with Crippen molar-refractivity contribution in [3.63, 3.8) is 0 Å². The van der Waals surface area contributed by atoms with Crippen molar-refractivity contribution in [3.8, 4) is 0 Å². The Bertz CT molecular complexity index is 589. The van der Waals surface area contributed by atoms with Crippen LogP contribution in [0.15, 0.2) is 5.03 Å². The zero-order chi connectivity index (χ0) is 12.7. The molecule has 1 aliphatic rings. The number of rotatable bonds is 2. The summed E-state index contributed by atoms with van der Waals surface area (Å²) in [5, 5.41) is 1.95. The van der Waals surface area contributed by atoms with Crippen LogP contribution in [0.5, 0.6) is 0 Å². The molecule has 3 rings (SSSR count). The van der Waals surface area contributed by atoms with E-state index in [1.807, 2.05) is 11.3 Å². The molecule has 0 saturated carbocycles. The van der Waals surface area contributed by atoms with Crippen LogP contribution in [0.3, 0.4) is 0 Å². The zero-order valence-electron chi connectivity index (χ0n) is 10.8. The molecule has 2 nitrogen and oxygen atoms in total. The Kier molecular flexibility index (Phi) is 3.24. The fraction of sp³-hybridized carbons (Fsp3) is 0.571. The van der Waals surface area contributed by atoms with Crippen LogP contribution in [-0.4, -0.2) is 9.97 Å². The third kappa shape index (κ3) is 2.01. The molecule has 1 atom stereocenters. The Labute approximate surface area is 117 Å². The molecule has 0 fully saturated rings. The van der Waals surface area contributed by atoms with Gasteiger partial charge in [0, 0.05) is 16.7 Å². The number of aromatic nitrogens is 2. The van der Waals surface area contributed by atoms with E-state index in [-0.39, 0.29) is 0 Å². The Morgan fingerprint density at radius 1 is 1.39 bits per heavy atom. The van der Waals surface area contributed by atoms with Gasteiger partial charge in [0.2, 0.25) is 0 Å². The van der Waals surface area contributed by atoms with Crippen LogP contribution in [0, 0.1) is 5.92 Å². The van der Waals surface area contributed by atoms with Crippen LogP contribution >= 0.6 is 11.3 Å². The Morgan fingerprint density at radius 3 is 3.00 bits per heavy atom. The van der Waals surface area contributed by atoms with Crippen LogP contribution in [0.4, 0.5) is 0 Å². The topological polar surface area (TPSA) is 25.8 Å². The second-order valence-electron chi connectivity index (χ2n) is 5.23. The van der Waals surface area contributed by atoms with E-state index in [1.54, 1.807) is 0 Å². The summed E-state index contributed by atoms with van der Waals surface area (Å²) in [5.74, 6) is 1.71. The average Bonchev–Trinajstić information content (AvgIpc) is 2.66. The van der Waals surface area contributed by atoms with Gasteiger partial charge in [0.25, 0.3) is 0 Å². The summed E-state index contributed by atoms with van der Waals surface area (Å²) in [5.41, 5.74) is 1.45. The first-order valence-corrected chi connectivity index (χ1v) is 7.89. The first kappa shape index (κ1) is 12.3. The van der Waals surface area contributed by atoms with E-state index in [2.05, 4.69) is 18.8 Å². The molecule has 0 spiro atoms. The monoisotopic (exact) mass is 277 g/mol. The van der Waals surface area contributed by atoms with E-state index in [0.717, 1.165) is 40.9 Å². The minimum Gasteiger partial charge on any atom is -0.759 e. The average molecular weight is 277 g/mol. The van der Waals surface area contributed by atoms with Gasteiger partial charge in [-0.3, -0.25) is 4.98 Å². The highest BCUT2D eigenvalue weighted by Gasteiger charge is 2.21. The number of hydrogen-bond donors (Lipinski definition) is 0. The van der Waals surface area contributed by atoms with E-state index >= 15 is 0 Å². The molecule has 1 aliphatic carbocycles. The van der Waals surface area contributed by atoms with Gasteiger partial charge in [-0.25, -0.2) is 4.98 Å². The van der Waals surface area contributed by atoms with Crippen LogP contribution < -0.4 is 0 Å². The molecule has 0 N–H and O–H groups in total. The van der Waals surface area contributed by atoms with Gasteiger partial charge in [-0.05, 0) is 37.2 Å². The molecule has 0 unspecified atom stereocenters. The zero-order valence-corrected chi connectivity index (χ0v) is 12.5. The van der Waals surface area contributed by atoms with Gasteiger partial charge in [-0.15, -0.1) is 11.3 Å². The van der Waals surface area contributed by atoms with Gasteiger partial charge in [-0.2, -0.15) is 0 Å². The van der Waals surface area contributed by atoms with Crippen molar-refractivity contribution in [2.24, 2.45) is 5.92 Å². The van der Waals surface area contributed by atoms with E-state index in [9.17, 15) is 0 Å². The molecular formula is C14H17N2S2-. The van der Waals surface area contributed by atoms with Crippen LogP contribution in [0.2, 0.25) is 0 Å². The minimum atomic E-state index is 0.774. The largest absolute Gasteiger partial charge is 0.759 e. The molecule has 0 aliphatic heterocycles. The second kappa shape index (κ2) is 4.74. The summed E-state index contributed by atoms with van der Waals surface area (Å²) in [6, 6.07) is 0. The molecule has 0 amide bonds. The smallest absolute Gasteiger partial charge is 0.128 e. The van der Waals surface area contributed by atoms with Crippen molar-refractivity contribution in [2.45, 2.75) is 51.0 Å². The molecule has 0 radical (unpaired) electrons. The lowest BCUT2D eigenvalue weighted by Crippen LogP contribution is -2.08. The number of fused-ring (bicyclic) bond motifs is 3. The van der Waals surface area contributed by atoms with Crippen molar-refractivity contribution in [1.29, 1.82) is 0 Å². The lowest BCUT2D eigenvalue weighted by atomic mass is 9.89. The number of thiophene rings is 1. The molecule has 0 bridgehead atoms. The van der Waals surface area contributed by atoms with Crippen molar-refractivity contribution >= 4 is 34.2 Å². The van der Waals surface area contributed by atoms with Crippen molar-refractivity contribution in [2.75, 3.05) is 0 Å². The molecule has 0 saturated heterocycles. The highest BCUT2D eigenvalue weighted by atomic mass is 32.1. The molecule has 2 aromatic heterocycles. The SMILES string of the molecule is CCCc1nc([S-])c2c3c(sc2n1)C[C@@H](C)CC3. The predicted molar refractivity (Wildman–Crippen MR) is 78.2 cm³/mol.